The molecule has 6 nitrogen and oxygen atoms in total. The summed E-state index contributed by atoms with van der Waals surface area (Å²) in [4.78, 5) is 10.6. The molecule has 20 heavy (non-hydrogen) atoms. The summed E-state index contributed by atoms with van der Waals surface area (Å²) >= 11 is 3.21. The zero-order valence-electron chi connectivity index (χ0n) is 11.0. The number of hydrogen-bond acceptors (Lipinski definition) is 5. The Kier molecular flexibility index (Phi) is 4.95. The number of nitro groups is 1. The molecule has 110 valence electrons. The van der Waals surface area contributed by atoms with Crippen molar-refractivity contribution in [3.63, 3.8) is 0 Å². The van der Waals surface area contributed by atoms with Gasteiger partial charge in [-0.25, -0.2) is 0 Å². The molecule has 0 spiro atoms. The summed E-state index contributed by atoms with van der Waals surface area (Å²) in [7, 11) is 0. The predicted octanol–water partition coefficient (Wildman–Crippen LogP) is 2.97. The van der Waals surface area contributed by atoms with Gasteiger partial charge in [-0.1, -0.05) is 15.9 Å². The van der Waals surface area contributed by atoms with Gasteiger partial charge in [-0.05, 0) is 25.8 Å². The lowest BCUT2D eigenvalue weighted by molar-refractivity contribution is -0.386. The van der Waals surface area contributed by atoms with Crippen LogP contribution in [0.5, 0.6) is 5.75 Å². The summed E-state index contributed by atoms with van der Waals surface area (Å²) < 4.78 is 11.5. The number of aliphatic hydroxyl groups excluding tert-OH is 1. The Bertz CT molecular complexity index is 500. The van der Waals surface area contributed by atoms with Crippen LogP contribution in [-0.4, -0.2) is 29.3 Å². The second-order valence-corrected chi connectivity index (χ2v) is 5.64. The van der Waals surface area contributed by atoms with Gasteiger partial charge in [-0.3, -0.25) is 10.1 Å². The summed E-state index contributed by atoms with van der Waals surface area (Å²) in [5.74, 6) is 0.115. The fraction of sp³-hybridized carbons (Fsp3) is 0.538. The standard InChI is InChI=1S/C13H16BrNO5/c1-8(16)11-5-9(14)6-12(15(17)18)13(11)20-7-10-3-2-4-19-10/h5-6,8,10,16H,2-4,7H2,1H3/t8-,10?/m0/s1. The van der Waals surface area contributed by atoms with E-state index in [1.807, 2.05) is 0 Å². The highest BCUT2D eigenvalue weighted by molar-refractivity contribution is 9.10. The predicted molar refractivity (Wildman–Crippen MR) is 75.9 cm³/mol. The van der Waals surface area contributed by atoms with E-state index in [2.05, 4.69) is 15.9 Å². The number of ether oxygens (including phenoxy) is 2. The quantitative estimate of drug-likeness (QED) is 0.655. The van der Waals surface area contributed by atoms with E-state index in [-0.39, 0.29) is 24.1 Å². The van der Waals surface area contributed by atoms with Crippen LogP contribution in [0.3, 0.4) is 0 Å². The molecule has 7 heteroatoms. The highest BCUT2D eigenvalue weighted by atomic mass is 79.9. The van der Waals surface area contributed by atoms with E-state index < -0.39 is 11.0 Å². The number of hydrogen-bond donors (Lipinski definition) is 1. The van der Waals surface area contributed by atoms with Gasteiger partial charge in [0, 0.05) is 22.7 Å². The third kappa shape index (κ3) is 3.47. The Labute approximate surface area is 125 Å². The topological polar surface area (TPSA) is 81.8 Å². The number of halogens is 1. The first-order valence-electron chi connectivity index (χ1n) is 6.39. The van der Waals surface area contributed by atoms with E-state index in [9.17, 15) is 15.2 Å². The smallest absolute Gasteiger partial charge is 0.312 e. The molecule has 0 bridgehead atoms. The van der Waals surface area contributed by atoms with Gasteiger partial charge in [0.15, 0.2) is 0 Å². The first-order chi connectivity index (χ1) is 9.49. The van der Waals surface area contributed by atoms with Gasteiger partial charge in [0.25, 0.3) is 0 Å². The van der Waals surface area contributed by atoms with E-state index in [4.69, 9.17) is 9.47 Å². The Morgan fingerprint density at radius 1 is 1.65 bits per heavy atom. The van der Waals surface area contributed by atoms with Crippen LogP contribution >= 0.6 is 15.9 Å². The molecular weight excluding hydrogens is 330 g/mol. The second-order valence-electron chi connectivity index (χ2n) is 4.72. The highest BCUT2D eigenvalue weighted by Gasteiger charge is 2.25. The van der Waals surface area contributed by atoms with Crippen LogP contribution in [0.4, 0.5) is 5.69 Å². The molecule has 2 rings (SSSR count). The molecule has 1 fully saturated rings. The van der Waals surface area contributed by atoms with Crippen LogP contribution in [0, 0.1) is 10.1 Å². The van der Waals surface area contributed by atoms with E-state index in [0.29, 0.717) is 16.6 Å². The minimum absolute atomic E-state index is 0.0416. The van der Waals surface area contributed by atoms with Gasteiger partial charge >= 0.3 is 5.69 Å². The van der Waals surface area contributed by atoms with Crippen LogP contribution in [-0.2, 0) is 4.74 Å². The van der Waals surface area contributed by atoms with Gasteiger partial charge in [0.1, 0.15) is 6.61 Å². The largest absolute Gasteiger partial charge is 0.484 e. The third-order valence-corrected chi connectivity index (χ3v) is 3.61. The Morgan fingerprint density at radius 3 is 2.95 bits per heavy atom. The zero-order valence-corrected chi connectivity index (χ0v) is 12.6. The summed E-state index contributed by atoms with van der Waals surface area (Å²) in [5.41, 5.74) is 0.234. The van der Waals surface area contributed by atoms with Gasteiger partial charge in [-0.2, -0.15) is 0 Å². The molecule has 0 aromatic heterocycles. The Hall–Kier alpha value is -1.18. The minimum atomic E-state index is -0.856. The first-order valence-corrected chi connectivity index (χ1v) is 7.18. The number of aliphatic hydroxyl groups is 1. The number of nitro benzene ring substituents is 1. The molecule has 1 aromatic rings. The monoisotopic (exact) mass is 345 g/mol. The van der Waals surface area contributed by atoms with Gasteiger partial charge in [0.2, 0.25) is 5.75 Å². The molecule has 2 atom stereocenters. The second kappa shape index (κ2) is 6.51. The maximum Gasteiger partial charge on any atom is 0.312 e. The first kappa shape index (κ1) is 15.2. The van der Waals surface area contributed by atoms with Crippen molar-refractivity contribution in [2.75, 3.05) is 13.2 Å². The van der Waals surface area contributed by atoms with E-state index in [1.165, 1.54) is 6.07 Å². The number of nitrogens with zero attached hydrogens (tertiary/aromatic N) is 1. The Morgan fingerprint density at radius 2 is 2.40 bits per heavy atom. The fourth-order valence-electron chi connectivity index (χ4n) is 2.16. The lowest BCUT2D eigenvalue weighted by Crippen LogP contribution is -2.17. The Balaban J connectivity index is 2.29. The lowest BCUT2D eigenvalue weighted by Gasteiger charge is -2.16. The molecule has 0 radical (unpaired) electrons. The normalized spacial score (nSPS) is 19.9. The lowest BCUT2D eigenvalue weighted by atomic mass is 10.1. The van der Waals surface area contributed by atoms with Crippen LogP contribution in [0.15, 0.2) is 16.6 Å². The van der Waals surface area contributed by atoms with Crippen molar-refractivity contribution in [3.8, 4) is 5.75 Å². The minimum Gasteiger partial charge on any atom is -0.484 e. The highest BCUT2D eigenvalue weighted by Crippen LogP contribution is 2.38. The molecule has 1 heterocycles. The van der Waals surface area contributed by atoms with Crippen LogP contribution in [0.1, 0.15) is 31.4 Å². The fourth-order valence-corrected chi connectivity index (χ4v) is 2.62. The molecule has 1 N–H and O–H groups in total. The molecule has 0 saturated carbocycles. The van der Waals surface area contributed by atoms with Gasteiger partial charge < -0.3 is 14.6 Å². The van der Waals surface area contributed by atoms with Crippen molar-refractivity contribution in [3.05, 3.63) is 32.3 Å². The molecule has 1 aromatic carbocycles. The van der Waals surface area contributed by atoms with Crippen molar-refractivity contribution >= 4 is 21.6 Å². The molecular formula is C13H16BrNO5. The average Bonchev–Trinajstić information content (AvgIpc) is 2.89. The molecule has 0 aliphatic carbocycles. The molecule has 0 amide bonds. The van der Waals surface area contributed by atoms with E-state index in [1.54, 1.807) is 13.0 Å². The van der Waals surface area contributed by atoms with Crippen LogP contribution in [0.2, 0.25) is 0 Å². The average molecular weight is 346 g/mol. The van der Waals surface area contributed by atoms with Gasteiger partial charge in [-0.15, -0.1) is 0 Å². The zero-order chi connectivity index (χ0) is 14.7. The van der Waals surface area contributed by atoms with Crippen molar-refractivity contribution in [1.82, 2.24) is 0 Å². The number of benzene rings is 1. The van der Waals surface area contributed by atoms with E-state index >= 15 is 0 Å². The molecule has 1 saturated heterocycles. The van der Waals surface area contributed by atoms with Crippen LogP contribution in [0.25, 0.3) is 0 Å². The summed E-state index contributed by atoms with van der Waals surface area (Å²) in [6, 6.07) is 3.00. The van der Waals surface area contributed by atoms with Crippen molar-refractivity contribution in [1.29, 1.82) is 0 Å². The van der Waals surface area contributed by atoms with Crippen molar-refractivity contribution < 1.29 is 19.5 Å². The maximum atomic E-state index is 11.1. The molecule has 1 unspecified atom stereocenters. The van der Waals surface area contributed by atoms with Gasteiger partial charge in [0.05, 0.1) is 17.1 Å². The number of rotatable bonds is 5. The van der Waals surface area contributed by atoms with Crippen molar-refractivity contribution in [2.45, 2.75) is 32.0 Å². The summed E-state index contributed by atoms with van der Waals surface area (Å²) in [6.45, 7) is 2.49. The summed E-state index contributed by atoms with van der Waals surface area (Å²) in [6.07, 6.45) is 0.958. The molecule has 1 aliphatic heterocycles. The van der Waals surface area contributed by atoms with Crippen molar-refractivity contribution in [2.24, 2.45) is 0 Å². The van der Waals surface area contributed by atoms with E-state index in [0.717, 1.165) is 12.8 Å². The SMILES string of the molecule is C[C@H](O)c1cc(Br)cc([N+](=O)[O-])c1OCC1CCCO1. The molecule has 1 aliphatic rings. The maximum absolute atomic E-state index is 11.1. The summed E-state index contributed by atoms with van der Waals surface area (Å²) in [5, 5.41) is 20.9. The van der Waals surface area contributed by atoms with Crippen LogP contribution < -0.4 is 4.74 Å². The third-order valence-electron chi connectivity index (χ3n) is 3.15.